The van der Waals surface area contributed by atoms with Gasteiger partial charge in [0.1, 0.15) is 5.75 Å². The fourth-order valence-electron chi connectivity index (χ4n) is 4.35. The number of aromatic nitrogens is 1. The third kappa shape index (κ3) is 5.65. The number of hydrogen-bond donors (Lipinski definition) is 0. The lowest BCUT2D eigenvalue weighted by molar-refractivity contribution is 0.0529. The van der Waals surface area contributed by atoms with Gasteiger partial charge in [-0.05, 0) is 56.5 Å². The van der Waals surface area contributed by atoms with Gasteiger partial charge in [-0.15, -0.1) is 0 Å². The number of unbranched alkanes of at least 4 members (excludes halogenated alkanes) is 5. The SMILES string of the molecule is CCCCCCCCc1ccc(OCC)c(-c2c(C(=O)OCC)c3ccccn3c2C=O)c1. The molecule has 0 aliphatic carbocycles. The molecule has 33 heavy (non-hydrogen) atoms. The molecule has 0 N–H and O–H groups in total. The first kappa shape index (κ1) is 24.6. The molecule has 2 aromatic heterocycles. The summed E-state index contributed by atoms with van der Waals surface area (Å²) in [5, 5.41) is 0. The lowest BCUT2D eigenvalue weighted by Crippen LogP contribution is -2.06. The van der Waals surface area contributed by atoms with E-state index >= 15 is 0 Å². The summed E-state index contributed by atoms with van der Waals surface area (Å²) in [4.78, 5) is 25.3. The maximum atomic E-state index is 13.0. The van der Waals surface area contributed by atoms with Crippen molar-refractivity contribution in [3.05, 3.63) is 59.4 Å². The second kappa shape index (κ2) is 12.2. The fourth-order valence-corrected chi connectivity index (χ4v) is 4.35. The molecule has 0 amide bonds. The zero-order valence-electron chi connectivity index (χ0n) is 20.1. The number of esters is 1. The minimum Gasteiger partial charge on any atom is -0.493 e. The van der Waals surface area contributed by atoms with Crippen LogP contribution in [0.5, 0.6) is 5.75 Å². The second-order valence-corrected chi connectivity index (χ2v) is 8.21. The number of aryl methyl sites for hydroxylation is 1. The molecule has 0 unspecified atom stereocenters. The van der Waals surface area contributed by atoms with Crippen LogP contribution in [-0.4, -0.2) is 29.9 Å². The minimum atomic E-state index is -0.437. The third-order valence-electron chi connectivity index (χ3n) is 5.91. The number of carbonyl (C=O) groups is 2. The molecule has 0 aliphatic rings. The van der Waals surface area contributed by atoms with Crippen LogP contribution >= 0.6 is 0 Å². The number of hydrogen-bond acceptors (Lipinski definition) is 4. The van der Waals surface area contributed by atoms with E-state index in [4.69, 9.17) is 9.47 Å². The van der Waals surface area contributed by atoms with Crippen LogP contribution in [0.1, 0.15) is 85.7 Å². The van der Waals surface area contributed by atoms with Crippen LogP contribution < -0.4 is 4.74 Å². The smallest absolute Gasteiger partial charge is 0.340 e. The summed E-state index contributed by atoms with van der Waals surface area (Å²) >= 11 is 0. The Morgan fingerprint density at radius 3 is 2.48 bits per heavy atom. The minimum absolute atomic E-state index is 0.259. The topological polar surface area (TPSA) is 57.0 Å². The van der Waals surface area contributed by atoms with Crippen molar-refractivity contribution in [1.29, 1.82) is 0 Å². The molecule has 2 heterocycles. The summed E-state index contributed by atoms with van der Waals surface area (Å²) in [6, 6.07) is 11.6. The lowest BCUT2D eigenvalue weighted by Gasteiger charge is -2.14. The Bertz CT molecular complexity index is 1080. The number of ether oxygens (including phenoxy) is 2. The molecule has 0 bridgehead atoms. The van der Waals surface area contributed by atoms with Gasteiger partial charge in [-0.1, -0.05) is 51.2 Å². The van der Waals surface area contributed by atoms with E-state index in [2.05, 4.69) is 19.1 Å². The van der Waals surface area contributed by atoms with Crippen LogP contribution in [0.15, 0.2) is 42.6 Å². The number of aldehydes is 1. The number of pyridine rings is 1. The highest BCUT2D eigenvalue weighted by atomic mass is 16.5. The Kier molecular flexibility index (Phi) is 9.11. The Morgan fingerprint density at radius 1 is 0.970 bits per heavy atom. The monoisotopic (exact) mass is 449 g/mol. The molecule has 3 aromatic rings. The first-order valence-corrected chi connectivity index (χ1v) is 12.2. The Balaban J connectivity index is 2.08. The van der Waals surface area contributed by atoms with Crippen molar-refractivity contribution in [2.24, 2.45) is 0 Å². The molecular formula is C28H35NO4. The molecule has 0 aliphatic heterocycles. The average Bonchev–Trinajstić information content (AvgIpc) is 3.16. The second-order valence-electron chi connectivity index (χ2n) is 8.21. The highest BCUT2D eigenvalue weighted by Crippen LogP contribution is 2.39. The summed E-state index contributed by atoms with van der Waals surface area (Å²) < 4.78 is 13.1. The van der Waals surface area contributed by atoms with Gasteiger partial charge in [-0.2, -0.15) is 0 Å². The zero-order valence-corrected chi connectivity index (χ0v) is 20.1. The maximum Gasteiger partial charge on any atom is 0.340 e. The predicted octanol–water partition coefficient (Wildman–Crippen LogP) is 6.90. The molecule has 0 saturated heterocycles. The van der Waals surface area contributed by atoms with E-state index in [0.717, 1.165) is 24.7 Å². The van der Waals surface area contributed by atoms with Crippen molar-refractivity contribution in [1.82, 2.24) is 4.40 Å². The van der Waals surface area contributed by atoms with Gasteiger partial charge in [0.15, 0.2) is 6.29 Å². The Hall–Kier alpha value is -3.08. The normalized spacial score (nSPS) is 11.0. The Labute approximate surface area is 196 Å². The maximum absolute atomic E-state index is 13.0. The number of benzene rings is 1. The van der Waals surface area contributed by atoms with Crippen molar-refractivity contribution < 1.29 is 19.1 Å². The third-order valence-corrected chi connectivity index (χ3v) is 5.91. The highest BCUT2D eigenvalue weighted by molar-refractivity contribution is 6.09. The van der Waals surface area contributed by atoms with E-state index in [9.17, 15) is 9.59 Å². The average molecular weight is 450 g/mol. The van der Waals surface area contributed by atoms with E-state index in [-0.39, 0.29) is 6.61 Å². The van der Waals surface area contributed by atoms with Crippen LogP contribution in [-0.2, 0) is 11.2 Å². The van der Waals surface area contributed by atoms with Crippen LogP contribution in [0.3, 0.4) is 0 Å². The predicted molar refractivity (Wildman–Crippen MR) is 132 cm³/mol. The van der Waals surface area contributed by atoms with Crippen LogP contribution in [0, 0.1) is 0 Å². The van der Waals surface area contributed by atoms with E-state index in [0.29, 0.717) is 34.7 Å². The van der Waals surface area contributed by atoms with Crippen molar-refractivity contribution in [3.63, 3.8) is 0 Å². The summed E-state index contributed by atoms with van der Waals surface area (Å²) in [5.41, 5.74) is 3.98. The molecule has 0 radical (unpaired) electrons. The number of carbonyl (C=O) groups excluding carboxylic acids is 2. The van der Waals surface area contributed by atoms with Crippen molar-refractivity contribution in [3.8, 4) is 16.9 Å². The van der Waals surface area contributed by atoms with Crippen LogP contribution in [0.25, 0.3) is 16.6 Å². The molecule has 3 rings (SSSR count). The van der Waals surface area contributed by atoms with Crippen molar-refractivity contribution >= 4 is 17.8 Å². The first-order valence-electron chi connectivity index (χ1n) is 12.2. The summed E-state index contributed by atoms with van der Waals surface area (Å²) in [7, 11) is 0. The van der Waals surface area contributed by atoms with Crippen molar-refractivity contribution in [2.75, 3.05) is 13.2 Å². The van der Waals surface area contributed by atoms with E-state index in [1.807, 2.05) is 31.2 Å². The molecule has 1 aromatic carbocycles. The van der Waals surface area contributed by atoms with Crippen LogP contribution in [0.4, 0.5) is 0 Å². The standard InChI is InChI=1S/C28H35NO4/c1-4-7-8-9-10-11-14-21-16-17-25(32-5-2)22(19-21)26-24(20-30)29-18-13-12-15-23(29)27(26)28(31)33-6-3/h12-13,15-20H,4-11,14H2,1-3H3. The molecule has 176 valence electrons. The number of fused-ring (bicyclic) bond motifs is 1. The van der Waals surface area contributed by atoms with Crippen LogP contribution in [0.2, 0.25) is 0 Å². The summed E-state index contributed by atoms with van der Waals surface area (Å²) in [6.07, 6.45) is 10.9. The van der Waals surface area contributed by atoms with Gasteiger partial charge in [-0.3, -0.25) is 4.79 Å². The Morgan fingerprint density at radius 2 is 1.76 bits per heavy atom. The lowest BCUT2D eigenvalue weighted by atomic mass is 9.95. The fraction of sp³-hybridized carbons (Fsp3) is 0.429. The van der Waals surface area contributed by atoms with E-state index in [1.165, 1.54) is 37.7 Å². The van der Waals surface area contributed by atoms with Gasteiger partial charge in [-0.25, -0.2) is 4.79 Å². The summed E-state index contributed by atoms with van der Waals surface area (Å²) in [5.74, 6) is 0.224. The number of nitrogens with zero attached hydrogens (tertiary/aromatic N) is 1. The quantitative estimate of drug-likeness (QED) is 0.162. The first-order chi connectivity index (χ1) is 16.2. The van der Waals surface area contributed by atoms with E-state index < -0.39 is 5.97 Å². The van der Waals surface area contributed by atoms with Gasteiger partial charge in [0.25, 0.3) is 0 Å². The highest BCUT2D eigenvalue weighted by Gasteiger charge is 2.27. The zero-order chi connectivity index (χ0) is 23.6. The van der Waals surface area contributed by atoms with Gasteiger partial charge in [0.05, 0.1) is 30.0 Å². The molecular weight excluding hydrogens is 414 g/mol. The van der Waals surface area contributed by atoms with Gasteiger partial charge in [0, 0.05) is 17.3 Å². The van der Waals surface area contributed by atoms with Gasteiger partial charge in [0.2, 0.25) is 0 Å². The molecule has 0 spiro atoms. The van der Waals surface area contributed by atoms with Gasteiger partial charge < -0.3 is 13.9 Å². The summed E-state index contributed by atoms with van der Waals surface area (Å²) in [6.45, 7) is 6.68. The van der Waals surface area contributed by atoms with E-state index in [1.54, 1.807) is 17.5 Å². The molecule has 0 fully saturated rings. The molecule has 0 atom stereocenters. The van der Waals surface area contributed by atoms with Gasteiger partial charge >= 0.3 is 5.97 Å². The molecule has 0 saturated carbocycles. The number of rotatable bonds is 13. The molecule has 5 nitrogen and oxygen atoms in total. The van der Waals surface area contributed by atoms with Crippen molar-refractivity contribution in [2.45, 2.75) is 65.7 Å². The largest absolute Gasteiger partial charge is 0.493 e. The molecule has 5 heteroatoms.